The molecule has 2 N–H and O–H groups in total. The van der Waals surface area contributed by atoms with Gasteiger partial charge in [-0.25, -0.2) is 14.4 Å². The molecule has 10 heteroatoms. The number of hydrogen-bond donors (Lipinski definition) is 2. The van der Waals surface area contributed by atoms with Gasteiger partial charge in [0.15, 0.2) is 0 Å². The molecule has 194 valence electrons. The van der Waals surface area contributed by atoms with E-state index in [0.717, 1.165) is 26.2 Å². The molecule has 0 spiro atoms. The first-order chi connectivity index (χ1) is 17.2. The van der Waals surface area contributed by atoms with Crippen LogP contribution >= 0.6 is 24.0 Å². The molecule has 0 atom stereocenters. The number of halogens is 3. The lowest BCUT2D eigenvalue weighted by Crippen LogP contribution is -2.53. The third-order valence-corrected chi connectivity index (χ3v) is 6.49. The molecule has 4 rings (SSSR count). The Hall–Kier alpha value is -3.22. The number of piperazine rings is 1. The number of nitrogens with one attached hydrogen (secondary N) is 2. The molecule has 1 aliphatic heterocycles. The largest absolute Gasteiger partial charge is 0.340 e. The predicted molar refractivity (Wildman–Crippen MR) is 150 cm³/mol. The van der Waals surface area contributed by atoms with E-state index in [0.29, 0.717) is 33.7 Å². The zero-order valence-electron chi connectivity index (χ0n) is 20.9. The number of rotatable bonds is 5. The highest BCUT2D eigenvalue weighted by atomic mass is 35.5. The minimum absolute atomic E-state index is 0. The summed E-state index contributed by atoms with van der Waals surface area (Å²) in [6.07, 6.45) is 2.64. The third-order valence-electron chi connectivity index (χ3n) is 6.20. The van der Waals surface area contributed by atoms with Crippen LogP contribution in [-0.2, 0) is 4.79 Å². The maximum Gasteiger partial charge on any atom is 0.247 e. The van der Waals surface area contributed by atoms with Crippen LogP contribution in [0.5, 0.6) is 0 Å². The normalized spacial score (nSPS) is 14.3. The Morgan fingerprint density at radius 1 is 1.19 bits per heavy atom. The fourth-order valence-corrected chi connectivity index (χ4v) is 4.15. The van der Waals surface area contributed by atoms with Crippen molar-refractivity contribution in [2.24, 2.45) is 0 Å². The number of likely N-dealkylation sites (N-methyl/N-ethyl adjacent to an activating group) is 1. The summed E-state index contributed by atoms with van der Waals surface area (Å²) in [7, 11) is 2.12. The molecule has 1 aromatic heterocycles. The summed E-state index contributed by atoms with van der Waals surface area (Å²) in [6, 6.07) is 7.92. The van der Waals surface area contributed by atoms with Crippen molar-refractivity contribution in [2.45, 2.75) is 19.4 Å². The van der Waals surface area contributed by atoms with Crippen LogP contribution in [0.2, 0.25) is 5.02 Å². The molecular weight excluding hydrogens is 514 g/mol. The second kappa shape index (κ2) is 11.9. The number of benzene rings is 2. The summed E-state index contributed by atoms with van der Waals surface area (Å²) in [4.78, 5) is 25.6. The van der Waals surface area contributed by atoms with Crippen molar-refractivity contribution < 1.29 is 9.18 Å². The van der Waals surface area contributed by atoms with E-state index >= 15 is 0 Å². The molecule has 1 amide bonds. The average molecular weight is 543 g/mol. The summed E-state index contributed by atoms with van der Waals surface area (Å²) < 4.78 is 13.6. The van der Waals surface area contributed by atoms with E-state index < -0.39 is 5.82 Å². The smallest absolute Gasteiger partial charge is 0.247 e. The molecule has 0 radical (unpaired) electrons. The standard InChI is InChI=1S/C27H28ClFN6O.ClH/c1-5-25(36)33-23-16-20-24(30-17-31-26(20)32-19-6-7-22(29)21(28)15-19)14-18(23)8-9-27(2,3)35-12-10-34(4)11-13-35;/h5-7,14-17H,1,10-13H2,2-4H3,(H,33,36)(H,30,31,32);1H. The Morgan fingerprint density at radius 2 is 1.92 bits per heavy atom. The minimum atomic E-state index is -0.508. The molecule has 0 bridgehead atoms. The number of nitrogens with zero attached hydrogens (tertiary/aromatic N) is 4. The molecule has 7 nitrogen and oxygen atoms in total. The third kappa shape index (κ3) is 6.76. The summed E-state index contributed by atoms with van der Waals surface area (Å²) in [5.41, 5.74) is 2.00. The molecule has 1 fully saturated rings. The van der Waals surface area contributed by atoms with E-state index in [2.05, 4.69) is 69.7 Å². The molecule has 0 aliphatic carbocycles. The van der Waals surface area contributed by atoms with Gasteiger partial charge < -0.3 is 15.5 Å². The topological polar surface area (TPSA) is 73.4 Å². The quantitative estimate of drug-likeness (QED) is 0.345. The Bertz CT molecular complexity index is 1380. The molecule has 1 aliphatic rings. The second-order valence-corrected chi connectivity index (χ2v) is 9.59. The van der Waals surface area contributed by atoms with E-state index in [1.165, 1.54) is 24.5 Å². The highest BCUT2D eigenvalue weighted by Gasteiger charge is 2.27. The van der Waals surface area contributed by atoms with E-state index in [-0.39, 0.29) is 28.9 Å². The molecule has 0 unspecified atom stereocenters. The number of amides is 1. The monoisotopic (exact) mass is 542 g/mol. The van der Waals surface area contributed by atoms with Gasteiger partial charge in [0.1, 0.15) is 18.0 Å². The Balaban J connectivity index is 0.00000380. The van der Waals surface area contributed by atoms with Gasteiger partial charge in [0.05, 0.1) is 27.3 Å². The van der Waals surface area contributed by atoms with Crippen LogP contribution < -0.4 is 10.6 Å². The van der Waals surface area contributed by atoms with E-state index in [1.54, 1.807) is 12.1 Å². The summed E-state index contributed by atoms with van der Waals surface area (Å²) in [5.74, 6) is 6.28. The van der Waals surface area contributed by atoms with Crippen LogP contribution in [0.1, 0.15) is 19.4 Å². The fourth-order valence-electron chi connectivity index (χ4n) is 3.97. The van der Waals surface area contributed by atoms with E-state index in [4.69, 9.17) is 11.6 Å². The molecule has 1 saturated heterocycles. The van der Waals surface area contributed by atoms with Crippen LogP contribution in [0.4, 0.5) is 21.6 Å². The summed E-state index contributed by atoms with van der Waals surface area (Å²) in [5, 5.41) is 6.65. The summed E-state index contributed by atoms with van der Waals surface area (Å²) >= 11 is 5.93. The minimum Gasteiger partial charge on any atom is -0.340 e. The lowest BCUT2D eigenvalue weighted by Gasteiger charge is -2.40. The Morgan fingerprint density at radius 3 is 2.59 bits per heavy atom. The maximum absolute atomic E-state index is 13.6. The first-order valence-corrected chi connectivity index (χ1v) is 11.9. The van der Waals surface area contributed by atoms with Crippen LogP contribution in [0.15, 0.2) is 49.3 Å². The van der Waals surface area contributed by atoms with Crippen LogP contribution in [0, 0.1) is 17.7 Å². The fraction of sp³-hybridized carbons (Fsp3) is 0.296. The van der Waals surface area contributed by atoms with E-state index in [1.807, 2.05) is 6.07 Å². The Kier molecular flexibility index (Phi) is 9.11. The number of carbonyl (C=O) groups excluding carboxylic acids is 1. The van der Waals surface area contributed by atoms with Crippen LogP contribution in [0.25, 0.3) is 10.9 Å². The number of fused-ring (bicyclic) bond motifs is 1. The lowest BCUT2D eigenvalue weighted by atomic mass is 10.0. The summed E-state index contributed by atoms with van der Waals surface area (Å²) in [6.45, 7) is 11.6. The highest BCUT2D eigenvalue weighted by molar-refractivity contribution is 6.31. The Labute approximate surface area is 227 Å². The van der Waals surface area contributed by atoms with Crippen molar-refractivity contribution in [1.82, 2.24) is 19.8 Å². The van der Waals surface area contributed by atoms with Gasteiger partial charge in [-0.05, 0) is 57.3 Å². The number of aromatic nitrogens is 2. The number of hydrogen-bond acceptors (Lipinski definition) is 6. The zero-order chi connectivity index (χ0) is 25.9. The van der Waals surface area contributed by atoms with Gasteiger partial charge in [0.25, 0.3) is 0 Å². The molecule has 0 saturated carbocycles. The maximum atomic E-state index is 13.6. The SMILES string of the molecule is C=CC(=O)Nc1cc2c(Nc3ccc(F)c(Cl)c3)ncnc2cc1C#CC(C)(C)N1CCN(C)CC1.Cl. The molecule has 2 aromatic carbocycles. The van der Waals surface area contributed by atoms with Gasteiger partial charge in [-0.15, -0.1) is 12.4 Å². The first-order valence-electron chi connectivity index (χ1n) is 11.6. The van der Waals surface area contributed by atoms with Gasteiger partial charge in [-0.2, -0.15) is 0 Å². The van der Waals surface area contributed by atoms with Gasteiger partial charge >= 0.3 is 0 Å². The number of anilines is 3. The first kappa shape index (κ1) is 28.4. The van der Waals surface area contributed by atoms with Crippen LogP contribution in [-0.4, -0.2) is 64.4 Å². The predicted octanol–water partition coefficient (Wildman–Crippen LogP) is 5.09. The highest BCUT2D eigenvalue weighted by Crippen LogP contribution is 2.30. The van der Waals surface area contributed by atoms with Crippen LogP contribution in [0.3, 0.4) is 0 Å². The number of carbonyl (C=O) groups is 1. The lowest BCUT2D eigenvalue weighted by molar-refractivity contribution is -0.111. The molecular formula is C27H29Cl2FN6O. The zero-order valence-corrected chi connectivity index (χ0v) is 22.5. The van der Waals surface area contributed by atoms with Crippen molar-refractivity contribution in [3.8, 4) is 11.8 Å². The van der Waals surface area contributed by atoms with Crippen molar-refractivity contribution in [3.05, 3.63) is 65.7 Å². The van der Waals surface area contributed by atoms with Crippen molar-refractivity contribution in [2.75, 3.05) is 43.9 Å². The van der Waals surface area contributed by atoms with Gasteiger partial charge in [0.2, 0.25) is 5.91 Å². The molecule has 37 heavy (non-hydrogen) atoms. The van der Waals surface area contributed by atoms with Gasteiger partial charge in [-0.1, -0.05) is 30.0 Å². The second-order valence-electron chi connectivity index (χ2n) is 9.18. The van der Waals surface area contributed by atoms with Crippen molar-refractivity contribution in [1.29, 1.82) is 0 Å². The molecule has 3 aromatic rings. The molecule has 2 heterocycles. The average Bonchev–Trinajstić information content (AvgIpc) is 2.85. The van der Waals surface area contributed by atoms with Crippen molar-refractivity contribution >= 4 is 58.0 Å². The van der Waals surface area contributed by atoms with Crippen molar-refractivity contribution in [3.63, 3.8) is 0 Å². The van der Waals surface area contributed by atoms with E-state index in [9.17, 15) is 9.18 Å². The van der Waals surface area contributed by atoms with Gasteiger partial charge in [-0.3, -0.25) is 9.69 Å². The van der Waals surface area contributed by atoms with Gasteiger partial charge in [0, 0.05) is 37.3 Å².